The Morgan fingerprint density at radius 1 is 0.762 bits per heavy atom. The molecule has 342 valence electrons. The van der Waals surface area contributed by atoms with Crippen LogP contribution in [-0.2, 0) is 57.3 Å². The lowest BCUT2D eigenvalue weighted by atomic mass is 9.84. The molecule has 0 N–H and O–H groups in total. The van der Waals surface area contributed by atoms with E-state index in [1.54, 1.807) is 99.6 Å². The Morgan fingerprint density at radius 2 is 1.38 bits per heavy atom. The fourth-order valence-electron chi connectivity index (χ4n) is 7.76. The lowest BCUT2D eigenvalue weighted by molar-refractivity contribution is -0.154. The Labute approximate surface area is 370 Å². The van der Waals surface area contributed by atoms with Crippen molar-refractivity contribution in [1.82, 2.24) is 0 Å². The minimum atomic E-state index is -3.91. The minimum Gasteiger partial charge on any atom is -0.465 e. The summed E-state index contributed by atoms with van der Waals surface area (Å²) in [6, 6.07) is 24.9. The number of methoxy groups -OCH3 is 2. The van der Waals surface area contributed by atoms with Crippen molar-refractivity contribution in [2.24, 2.45) is 17.3 Å². The van der Waals surface area contributed by atoms with Gasteiger partial charge in [0.2, 0.25) is 0 Å². The highest BCUT2D eigenvalue weighted by atomic mass is 32.2. The molecule has 5 rings (SSSR count). The molecule has 0 aromatic heterocycles. The van der Waals surface area contributed by atoms with Gasteiger partial charge in [0.15, 0.2) is 9.84 Å². The molecular formula is C48H60O14S. The predicted molar refractivity (Wildman–Crippen MR) is 231 cm³/mol. The van der Waals surface area contributed by atoms with Crippen molar-refractivity contribution in [2.45, 2.75) is 94.9 Å². The maximum Gasteiger partial charge on any atom is 0.338 e. The van der Waals surface area contributed by atoms with Gasteiger partial charge in [-0.3, -0.25) is 4.79 Å². The first-order valence-corrected chi connectivity index (χ1v) is 22.8. The van der Waals surface area contributed by atoms with Crippen molar-refractivity contribution in [3.8, 4) is 0 Å². The molecule has 1 unspecified atom stereocenters. The number of carbonyl (C=O) groups excluding carboxylic acids is 4. The van der Waals surface area contributed by atoms with Gasteiger partial charge in [-0.25, -0.2) is 22.8 Å². The first kappa shape index (κ1) is 49.1. The average molecular weight is 893 g/mol. The van der Waals surface area contributed by atoms with E-state index in [2.05, 4.69) is 0 Å². The van der Waals surface area contributed by atoms with E-state index in [0.29, 0.717) is 18.4 Å². The SMILES string of the molecule is COCC(=O)OC[C@@H]1C(C)=C[C@H](CCCOC(=O)C(C)(C)C)O[C@@H]1C[C@@H]1O[C@H](CC(COC(=O)c2ccccc2)OC(=O)c2ccccc2)[C@H](OC)[C@H]1CS(=O)(=O)c1ccccc1. The van der Waals surface area contributed by atoms with Gasteiger partial charge < -0.3 is 37.9 Å². The molecule has 0 aliphatic carbocycles. The zero-order valence-corrected chi connectivity index (χ0v) is 37.7. The Balaban J connectivity index is 1.44. The first-order chi connectivity index (χ1) is 30.1. The van der Waals surface area contributed by atoms with E-state index in [9.17, 15) is 27.6 Å². The second-order valence-electron chi connectivity index (χ2n) is 16.9. The van der Waals surface area contributed by atoms with Crippen LogP contribution in [0.2, 0.25) is 0 Å². The molecular weight excluding hydrogens is 833 g/mol. The highest BCUT2D eigenvalue weighted by Crippen LogP contribution is 2.40. The fraction of sp³-hybridized carbons (Fsp3) is 0.500. The van der Waals surface area contributed by atoms with E-state index >= 15 is 0 Å². The highest BCUT2D eigenvalue weighted by Gasteiger charge is 2.50. The van der Waals surface area contributed by atoms with E-state index in [-0.39, 0.29) is 61.5 Å². The molecule has 0 bridgehead atoms. The van der Waals surface area contributed by atoms with Gasteiger partial charge in [0, 0.05) is 38.9 Å². The molecule has 2 aliphatic heterocycles. The van der Waals surface area contributed by atoms with Gasteiger partial charge in [0.25, 0.3) is 0 Å². The molecule has 8 atom stereocenters. The number of ether oxygens (including phenoxy) is 8. The molecule has 2 heterocycles. The summed E-state index contributed by atoms with van der Waals surface area (Å²) in [6.45, 7) is 6.89. The van der Waals surface area contributed by atoms with Gasteiger partial charge in [-0.15, -0.1) is 0 Å². The Bertz CT molecular complexity index is 2080. The Morgan fingerprint density at radius 3 is 1.98 bits per heavy atom. The second-order valence-corrected chi connectivity index (χ2v) is 18.9. The standard InChI is InChI=1S/C48H60O14S/c1-32-25-35(21-16-24-57-47(52)48(2,3)4)60-40(38(32)29-58-43(49)30-55-5)27-41-39(31-63(53,54)37-22-14-9-15-23-37)44(56-6)42(62-41)26-36(61-46(51)34-19-12-8-13-20-34)28-59-45(50)33-17-10-7-11-18-33/h7-15,17-20,22-23,25,35-36,38-42,44H,16,21,24,26-31H2,1-6H3/t35-,36?,38+,39-,40+,41-,42+,44+/m0/s1. The summed E-state index contributed by atoms with van der Waals surface area (Å²) in [6.07, 6.45) is -1.39. The van der Waals surface area contributed by atoms with E-state index in [1.807, 2.05) is 13.0 Å². The number of benzene rings is 3. The topological polar surface area (TPSA) is 176 Å². The molecule has 15 heteroatoms. The lowest BCUT2D eigenvalue weighted by Crippen LogP contribution is -2.42. The van der Waals surface area contributed by atoms with E-state index in [1.165, 1.54) is 26.4 Å². The number of rotatable bonds is 21. The largest absolute Gasteiger partial charge is 0.465 e. The van der Waals surface area contributed by atoms with Crippen LogP contribution in [0.1, 0.15) is 74.1 Å². The fourth-order valence-corrected chi connectivity index (χ4v) is 9.44. The van der Waals surface area contributed by atoms with Crippen LogP contribution in [0.25, 0.3) is 0 Å². The third-order valence-electron chi connectivity index (χ3n) is 11.1. The molecule has 3 aromatic rings. The molecule has 1 fully saturated rings. The zero-order chi connectivity index (χ0) is 45.6. The summed E-state index contributed by atoms with van der Waals surface area (Å²) in [5.74, 6) is -3.68. The van der Waals surface area contributed by atoms with Gasteiger partial charge in [0.05, 0.1) is 64.3 Å². The smallest absolute Gasteiger partial charge is 0.338 e. The molecule has 0 saturated carbocycles. The van der Waals surface area contributed by atoms with Gasteiger partial charge >= 0.3 is 23.9 Å². The van der Waals surface area contributed by atoms with Gasteiger partial charge in [-0.05, 0) is 76.9 Å². The second kappa shape index (κ2) is 23.1. The predicted octanol–water partition coefficient (Wildman–Crippen LogP) is 6.61. The van der Waals surface area contributed by atoms with Crippen LogP contribution < -0.4 is 0 Å². The molecule has 2 aliphatic rings. The van der Waals surface area contributed by atoms with Crippen LogP contribution in [0.3, 0.4) is 0 Å². The van der Waals surface area contributed by atoms with Crippen LogP contribution in [0, 0.1) is 17.3 Å². The van der Waals surface area contributed by atoms with Gasteiger partial charge in [0.1, 0.15) is 25.9 Å². The molecule has 0 radical (unpaired) electrons. The minimum absolute atomic E-state index is 0.0179. The van der Waals surface area contributed by atoms with Gasteiger partial charge in [-0.1, -0.05) is 66.2 Å². The molecule has 3 aromatic carbocycles. The van der Waals surface area contributed by atoms with Crippen LogP contribution in [0.4, 0.5) is 0 Å². The summed E-state index contributed by atoms with van der Waals surface area (Å²) < 4.78 is 75.6. The normalized spacial score (nSPS) is 23.0. The van der Waals surface area contributed by atoms with E-state index in [4.69, 9.17) is 37.9 Å². The maximum atomic E-state index is 14.1. The number of hydrogen-bond donors (Lipinski definition) is 0. The Hall–Kier alpha value is -4.93. The molecule has 0 spiro atoms. The van der Waals surface area contributed by atoms with Crippen LogP contribution in [-0.4, -0.2) is 115 Å². The van der Waals surface area contributed by atoms with Crippen molar-refractivity contribution >= 4 is 33.7 Å². The molecule has 1 saturated heterocycles. The van der Waals surface area contributed by atoms with Gasteiger partial charge in [-0.2, -0.15) is 0 Å². The number of sulfone groups is 1. The van der Waals surface area contributed by atoms with Crippen molar-refractivity contribution < 1.29 is 65.5 Å². The van der Waals surface area contributed by atoms with Crippen molar-refractivity contribution in [2.75, 3.05) is 46.4 Å². The monoisotopic (exact) mass is 892 g/mol. The lowest BCUT2D eigenvalue weighted by Gasteiger charge is -2.37. The molecule has 63 heavy (non-hydrogen) atoms. The summed E-state index contributed by atoms with van der Waals surface area (Å²) in [7, 11) is -1.04. The van der Waals surface area contributed by atoms with E-state index < -0.39 is 81.6 Å². The Kier molecular flexibility index (Phi) is 18.0. The van der Waals surface area contributed by atoms with E-state index in [0.717, 1.165) is 5.57 Å². The van der Waals surface area contributed by atoms with Crippen molar-refractivity contribution in [3.05, 3.63) is 114 Å². The van der Waals surface area contributed by atoms with Crippen LogP contribution in [0.5, 0.6) is 0 Å². The van der Waals surface area contributed by atoms with Crippen LogP contribution >= 0.6 is 0 Å². The molecule has 14 nitrogen and oxygen atoms in total. The first-order valence-electron chi connectivity index (χ1n) is 21.2. The summed E-state index contributed by atoms with van der Waals surface area (Å²) >= 11 is 0. The number of esters is 4. The summed E-state index contributed by atoms with van der Waals surface area (Å²) in [5, 5.41) is 0. The maximum absolute atomic E-state index is 14.1. The summed E-state index contributed by atoms with van der Waals surface area (Å²) in [4.78, 5) is 51.6. The average Bonchev–Trinajstić information content (AvgIpc) is 3.57. The highest BCUT2D eigenvalue weighted by molar-refractivity contribution is 7.91. The third-order valence-corrected chi connectivity index (χ3v) is 12.9. The third kappa shape index (κ3) is 14.3. The number of hydrogen-bond acceptors (Lipinski definition) is 14. The number of carbonyl (C=O) groups is 4. The van der Waals surface area contributed by atoms with Crippen molar-refractivity contribution in [1.29, 1.82) is 0 Å². The summed E-state index contributed by atoms with van der Waals surface area (Å²) in [5.41, 5.74) is 0.852. The van der Waals surface area contributed by atoms with Crippen molar-refractivity contribution in [3.63, 3.8) is 0 Å². The van der Waals surface area contributed by atoms with Crippen LogP contribution in [0.15, 0.2) is 108 Å². The quantitative estimate of drug-likeness (QED) is 0.0483. The zero-order valence-electron chi connectivity index (χ0n) is 36.8. The molecule has 0 amide bonds.